The maximum atomic E-state index is 13.8. The van der Waals surface area contributed by atoms with Gasteiger partial charge in [-0.15, -0.1) is 0 Å². The molecule has 172 valence electrons. The fraction of sp³-hybridized carbons (Fsp3) is 0.760. The summed E-state index contributed by atoms with van der Waals surface area (Å²) in [7, 11) is 0. The topological polar surface area (TPSA) is 87.2 Å². The summed E-state index contributed by atoms with van der Waals surface area (Å²) in [5.74, 6) is 1.92. The summed E-state index contributed by atoms with van der Waals surface area (Å²) in [6, 6.07) is 0.481. The second-order valence-corrected chi connectivity index (χ2v) is 11.7. The Labute approximate surface area is 190 Å². The summed E-state index contributed by atoms with van der Waals surface area (Å²) in [5.41, 5.74) is 0.492. The molecule has 1 aromatic rings. The van der Waals surface area contributed by atoms with Gasteiger partial charge in [-0.05, 0) is 55.3 Å². The van der Waals surface area contributed by atoms with Crippen LogP contribution in [0.5, 0.6) is 0 Å². The summed E-state index contributed by atoms with van der Waals surface area (Å²) in [6.07, 6.45) is 10.7. The van der Waals surface area contributed by atoms with Gasteiger partial charge < -0.3 is 10.6 Å². The minimum atomic E-state index is -0.976. The van der Waals surface area contributed by atoms with Crippen molar-refractivity contribution in [2.24, 2.45) is 22.2 Å². The van der Waals surface area contributed by atoms with Gasteiger partial charge in [0.1, 0.15) is 11.2 Å². The van der Waals surface area contributed by atoms with Crippen molar-refractivity contribution in [3.63, 3.8) is 0 Å². The number of nitrogens with zero attached hydrogens (tertiary/aromatic N) is 3. The van der Waals surface area contributed by atoms with E-state index in [4.69, 9.17) is 9.97 Å². The van der Waals surface area contributed by atoms with Crippen LogP contribution in [-0.2, 0) is 16.0 Å². The molecule has 3 heterocycles. The fourth-order valence-corrected chi connectivity index (χ4v) is 7.65. The van der Waals surface area contributed by atoms with Gasteiger partial charge in [-0.25, -0.2) is 4.98 Å². The zero-order valence-corrected chi connectivity index (χ0v) is 19.5. The van der Waals surface area contributed by atoms with Crippen LogP contribution in [0, 0.1) is 22.2 Å². The molecular weight excluding hydrogens is 402 g/mol. The van der Waals surface area contributed by atoms with Crippen LogP contribution < -0.4 is 15.5 Å². The number of hydrogen-bond acceptors (Lipinski definition) is 5. The Bertz CT molecular complexity index is 987. The SMILES string of the molecule is CC1(C)[C@@H]2CC[C@@]1(C)[C@@H](Nc1ncc3c(n1)N(C1CCCC1)C(=O)[C@]1(CCNC1=O)C3)C2. The third-order valence-electron chi connectivity index (χ3n) is 10.2. The van der Waals surface area contributed by atoms with Gasteiger partial charge in [0.05, 0.1) is 0 Å². The number of anilines is 2. The van der Waals surface area contributed by atoms with Gasteiger partial charge in [0.15, 0.2) is 0 Å². The molecule has 2 aliphatic heterocycles. The number of nitrogens with one attached hydrogen (secondary N) is 2. The summed E-state index contributed by atoms with van der Waals surface area (Å²) in [4.78, 5) is 38.1. The number of amides is 2. The second kappa shape index (κ2) is 6.67. The Morgan fingerprint density at radius 2 is 1.91 bits per heavy atom. The largest absolute Gasteiger partial charge is 0.355 e. The normalized spacial score (nSPS) is 37.9. The summed E-state index contributed by atoms with van der Waals surface area (Å²) < 4.78 is 0. The summed E-state index contributed by atoms with van der Waals surface area (Å²) >= 11 is 0. The molecule has 3 aliphatic carbocycles. The van der Waals surface area contributed by atoms with E-state index in [9.17, 15) is 9.59 Å². The molecule has 4 fully saturated rings. The fourth-order valence-electron chi connectivity index (χ4n) is 7.65. The highest BCUT2D eigenvalue weighted by atomic mass is 16.2. The molecule has 7 heteroatoms. The lowest BCUT2D eigenvalue weighted by Gasteiger charge is -2.41. The molecule has 1 spiro atoms. The highest BCUT2D eigenvalue weighted by Crippen LogP contribution is 2.65. The lowest BCUT2D eigenvalue weighted by Crippen LogP contribution is -2.56. The van der Waals surface area contributed by atoms with Crippen LogP contribution in [0.15, 0.2) is 6.20 Å². The van der Waals surface area contributed by atoms with Crippen LogP contribution in [0.25, 0.3) is 0 Å². The monoisotopic (exact) mass is 437 g/mol. The Hall–Kier alpha value is -2.18. The van der Waals surface area contributed by atoms with Gasteiger partial charge in [0.2, 0.25) is 17.8 Å². The first kappa shape index (κ1) is 20.4. The van der Waals surface area contributed by atoms with Crippen molar-refractivity contribution in [2.75, 3.05) is 16.8 Å². The predicted octanol–water partition coefficient (Wildman–Crippen LogP) is 3.44. The third kappa shape index (κ3) is 2.54. The van der Waals surface area contributed by atoms with Gasteiger partial charge in [-0.3, -0.25) is 14.5 Å². The first-order valence-corrected chi connectivity index (χ1v) is 12.5. The van der Waals surface area contributed by atoms with E-state index in [0.717, 1.165) is 49.4 Å². The van der Waals surface area contributed by atoms with E-state index >= 15 is 0 Å². The molecule has 2 amide bonds. The van der Waals surface area contributed by atoms with Crippen LogP contribution in [0.2, 0.25) is 0 Å². The summed E-state index contributed by atoms with van der Waals surface area (Å²) in [6.45, 7) is 7.79. The molecule has 0 unspecified atom stereocenters. The molecule has 0 radical (unpaired) electrons. The van der Waals surface area contributed by atoms with Crippen molar-refractivity contribution in [1.82, 2.24) is 15.3 Å². The molecule has 7 nitrogen and oxygen atoms in total. The maximum Gasteiger partial charge on any atom is 0.244 e. The first-order chi connectivity index (χ1) is 15.3. The Morgan fingerprint density at radius 3 is 2.53 bits per heavy atom. The molecule has 2 N–H and O–H groups in total. The van der Waals surface area contributed by atoms with Crippen LogP contribution in [-0.4, -0.2) is 40.4 Å². The van der Waals surface area contributed by atoms with E-state index in [-0.39, 0.29) is 23.3 Å². The van der Waals surface area contributed by atoms with Crippen LogP contribution in [0.1, 0.15) is 77.7 Å². The Morgan fingerprint density at radius 1 is 1.12 bits per heavy atom. The Kier molecular flexibility index (Phi) is 4.26. The van der Waals surface area contributed by atoms with Crippen molar-refractivity contribution < 1.29 is 9.59 Å². The predicted molar refractivity (Wildman–Crippen MR) is 122 cm³/mol. The number of fused-ring (bicyclic) bond motifs is 3. The van der Waals surface area contributed by atoms with E-state index in [0.29, 0.717) is 36.8 Å². The van der Waals surface area contributed by atoms with Crippen LogP contribution in [0.3, 0.4) is 0 Å². The lowest BCUT2D eigenvalue weighted by atomic mass is 9.69. The summed E-state index contributed by atoms with van der Waals surface area (Å²) in [5, 5.41) is 6.57. The van der Waals surface area contributed by atoms with E-state index in [1.165, 1.54) is 12.8 Å². The van der Waals surface area contributed by atoms with Gasteiger partial charge in [0.25, 0.3) is 0 Å². The second-order valence-electron chi connectivity index (χ2n) is 11.7. The molecule has 0 aromatic carbocycles. The highest BCUT2D eigenvalue weighted by molar-refractivity contribution is 6.14. The quantitative estimate of drug-likeness (QED) is 0.708. The molecule has 3 saturated carbocycles. The van der Waals surface area contributed by atoms with Crippen LogP contribution >= 0.6 is 0 Å². The average molecular weight is 438 g/mol. The zero-order chi connectivity index (χ0) is 22.3. The van der Waals surface area contributed by atoms with E-state index in [1.807, 2.05) is 11.1 Å². The first-order valence-electron chi connectivity index (χ1n) is 12.5. The zero-order valence-electron chi connectivity index (χ0n) is 19.5. The van der Waals surface area contributed by atoms with Gasteiger partial charge >= 0.3 is 0 Å². The number of carbonyl (C=O) groups excluding carboxylic acids is 2. The van der Waals surface area contributed by atoms with E-state index < -0.39 is 5.41 Å². The molecule has 4 atom stereocenters. The highest BCUT2D eigenvalue weighted by Gasteiger charge is 2.61. The van der Waals surface area contributed by atoms with Crippen molar-refractivity contribution in [2.45, 2.75) is 90.6 Å². The molecule has 5 aliphatic rings. The molecular formula is C25H35N5O2. The van der Waals surface area contributed by atoms with Gasteiger partial charge in [-0.1, -0.05) is 33.6 Å². The van der Waals surface area contributed by atoms with Crippen molar-refractivity contribution in [3.05, 3.63) is 11.8 Å². The molecule has 6 rings (SSSR count). The molecule has 1 saturated heterocycles. The van der Waals surface area contributed by atoms with Crippen molar-refractivity contribution >= 4 is 23.6 Å². The molecule has 1 aromatic heterocycles. The minimum Gasteiger partial charge on any atom is -0.355 e. The molecule has 32 heavy (non-hydrogen) atoms. The maximum absolute atomic E-state index is 13.8. The number of carbonyl (C=O) groups is 2. The van der Waals surface area contributed by atoms with Gasteiger partial charge in [-0.2, -0.15) is 4.98 Å². The minimum absolute atomic E-state index is 0.0513. The van der Waals surface area contributed by atoms with E-state index in [2.05, 4.69) is 31.4 Å². The average Bonchev–Trinajstić information content (AvgIpc) is 3.49. The van der Waals surface area contributed by atoms with Gasteiger partial charge in [0, 0.05) is 36.8 Å². The smallest absolute Gasteiger partial charge is 0.244 e. The van der Waals surface area contributed by atoms with Crippen molar-refractivity contribution in [3.8, 4) is 0 Å². The number of aromatic nitrogens is 2. The third-order valence-corrected chi connectivity index (χ3v) is 10.2. The van der Waals surface area contributed by atoms with Crippen molar-refractivity contribution in [1.29, 1.82) is 0 Å². The molecule has 2 bridgehead atoms. The van der Waals surface area contributed by atoms with E-state index in [1.54, 1.807) is 0 Å². The standard InChI is InChI=1S/C25H35N5O2/c1-23(2)16-8-9-24(23,3)18(12-16)28-22-27-14-15-13-25(10-11-26-20(25)31)21(32)30(19(15)29-22)17-6-4-5-7-17/h14,16-18H,4-13H2,1-3H3,(H,26,31)(H,27,28,29)/t16-,18+,24+,25-/m1/s1. The Balaban J connectivity index is 1.36. The number of hydrogen-bond donors (Lipinski definition) is 2. The number of rotatable bonds is 3. The van der Waals surface area contributed by atoms with Crippen LogP contribution in [0.4, 0.5) is 11.8 Å². The lowest BCUT2D eigenvalue weighted by molar-refractivity contribution is -0.140.